The molecule has 0 aromatic heterocycles. The fourth-order valence-corrected chi connectivity index (χ4v) is 2.47. The van der Waals surface area contributed by atoms with Crippen molar-refractivity contribution in [1.29, 1.82) is 0 Å². The maximum Gasteiger partial charge on any atom is 0.0110 e. The van der Waals surface area contributed by atoms with Crippen molar-refractivity contribution >= 4 is 0 Å². The Morgan fingerprint density at radius 2 is 1.14 bits per heavy atom. The van der Waals surface area contributed by atoms with Crippen LogP contribution in [-0.2, 0) is 0 Å². The molecule has 0 saturated heterocycles. The van der Waals surface area contributed by atoms with Gasteiger partial charge in [0.05, 0.1) is 0 Å². The molecule has 0 aliphatic heterocycles. The van der Waals surface area contributed by atoms with Crippen LogP contribution in [0.5, 0.6) is 0 Å². The molecule has 0 saturated carbocycles. The minimum Gasteiger partial charge on any atom is -0.315 e. The first-order chi connectivity index (χ1) is 10.3. The van der Waals surface area contributed by atoms with Crippen LogP contribution in [0.1, 0.15) is 66.2 Å². The standard InChI is InChI=1S/C18H41N3/c1-5-9-12-19-13-16-21(15-11-7-3)18-17-20(8-4)14-10-6-2/h19H,5-18H2,1-4H3. The molecule has 0 aliphatic carbocycles. The van der Waals surface area contributed by atoms with Crippen LogP contribution >= 0.6 is 0 Å². The molecule has 0 spiro atoms. The normalized spacial score (nSPS) is 11.7. The predicted molar refractivity (Wildman–Crippen MR) is 96.1 cm³/mol. The van der Waals surface area contributed by atoms with Crippen LogP contribution in [0.4, 0.5) is 0 Å². The van der Waals surface area contributed by atoms with Gasteiger partial charge in [-0.2, -0.15) is 0 Å². The van der Waals surface area contributed by atoms with E-state index in [9.17, 15) is 0 Å². The molecule has 0 amide bonds. The van der Waals surface area contributed by atoms with E-state index in [1.54, 1.807) is 0 Å². The molecule has 1 N–H and O–H groups in total. The third kappa shape index (κ3) is 13.3. The summed E-state index contributed by atoms with van der Waals surface area (Å²) in [6.45, 7) is 18.8. The molecular weight excluding hydrogens is 258 g/mol. The Labute approximate surface area is 134 Å². The highest BCUT2D eigenvalue weighted by molar-refractivity contribution is 4.64. The summed E-state index contributed by atoms with van der Waals surface area (Å²) >= 11 is 0. The molecule has 0 aromatic rings. The van der Waals surface area contributed by atoms with Crippen LogP contribution in [0.25, 0.3) is 0 Å². The number of unbranched alkanes of at least 4 members (excludes halogenated alkanes) is 3. The van der Waals surface area contributed by atoms with Crippen molar-refractivity contribution in [3.63, 3.8) is 0 Å². The van der Waals surface area contributed by atoms with Gasteiger partial charge in [-0.15, -0.1) is 0 Å². The molecule has 0 aliphatic rings. The minimum atomic E-state index is 1.14. The van der Waals surface area contributed by atoms with Gasteiger partial charge < -0.3 is 15.1 Å². The van der Waals surface area contributed by atoms with Crippen LogP contribution in [0, 0.1) is 0 Å². The summed E-state index contributed by atoms with van der Waals surface area (Å²) in [5.74, 6) is 0. The number of rotatable bonds is 16. The van der Waals surface area contributed by atoms with Gasteiger partial charge in [-0.1, -0.05) is 47.0 Å². The van der Waals surface area contributed by atoms with Crippen molar-refractivity contribution in [2.75, 3.05) is 52.4 Å². The zero-order valence-corrected chi connectivity index (χ0v) is 15.3. The Balaban J connectivity index is 3.91. The van der Waals surface area contributed by atoms with Gasteiger partial charge in [0.15, 0.2) is 0 Å². The van der Waals surface area contributed by atoms with Crippen LogP contribution < -0.4 is 5.32 Å². The summed E-state index contributed by atoms with van der Waals surface area (Å²) in [7, 11) is 0. The van der Waals surface area contributed by atoms with Gasteiger partial charge in [0.1, 0.15) is 0 Å². The predicted octanol–water partition coefficient (Wildman–Crippen LogP) is 3.60. The van der Waals surface area contributed by atoms with Gasteiger partial charge in [0, 0.05) is 26.2 Å². The highest BCUT2D eigenvalue weighted by Gasteiger charge is 2.07. The smallest absolute Gasteiger partial charge is 0.0110 e. The lowest BCUT2D eigenvalue weighted by molar-refractivity contribution is 0.205. The minimum absolute atomic E-state index is 1.14. The average molecular weight is 300 g/mol. The first kappa shape index (κ1) is 20.9. The van der Waals surface area contributed by atoms with Crippen molar-refractivity contribution in [3.05, 3.63) is 0 Å². The topological polar surface area (TPSA) is 18.5 Å². The Bertz CT molecular complexity index is 197. The number of hydrogen-bond acceptors (Lipinski definition) is 3. The average Bonchev–Trinajstić information content (AvgIpc) is 2.51. The lowest BCUT2D eigenvalue weighted by atomic mass is 10.3. The molecule has 21 heavy (non-hydrogen) atoms. The van der Waals surface area contributed by atoms with Crippen molar-refractivity contribution in [2.24, 2.45) is 0 Å². The molecule has 0 radical (unpaired) electrons. The lowest BCUT2D eigenvalue weighted by Crippen LogP contribution is -2.39. The molecule has 128 valence electrons. The molecule has 0 unspecified atom stereocenters. The van der Waals surface area contributed by atoms with E-state index >= 15 is 0 Å². The summed E-state index contributed by atoms with van der Waals surface area (Å²) in [6.07, 6.45) is 7.85. The maximum atomic E-state index is 3.57. The molecule has 0 heterocycles. The third-order valence-electron chi connectivity index (χ3n) is 4.15. The summed E-state index contributed by atoms with van der Waals surface area (Å²) in [5, 5.41) is 3.57. The van der Waals surface area contributed by atoms with E-state index in [0.29, 0.717) is 0 Å². The van der Waals surface area contributed by atoms with Gasteiger partial charge in [-0.05, 0) is 45.4 Å². The van der Waals surface area contributed by atoms with Gasteiger partial charge in [-0.25, -0.2) is 0 Å². The number of nitrogens with one attached hydrogen (secondary N) is 1. The summed E-state index contributed by atoms with van der Waals surface area (Å²) in [6, 6.07) is 0. The number of nitrogens with zero attached hydrogens (tertiary/aromatic N) is 2. The highest BCUT2D eigenvalue weighted by Crippen LogP contribution is 1.99. The number of likely N-dealkylation sites (N-methyl/N-ethyl adjacent to an activating group) is 1. The first-order valence-corrected chi connectivity index (χ1v) is 9.43. The first-order valence-electron chi connectivity index (χ1n) is 9.43. The lowest BCUT2D eigenvalue weighted by Gasteiger charge is -2.27. The Morgan fingerprint density at radius 3 is 1.71 bits per heavy atom. The molecular formula is C18H41N3. The fraction of sp³-hybridized carbons (Fsp3) is 1.00. The maximum absolute atomic E-state index is 3.57. The van der Waals surface area contributed by atoms with E-state index in [0.717, 1.165) is 6.54 Å². The molecule has 0 fully saturated rings. The van der Waals surface area contributed by atoms with Crippen molar-refractivity contribution in [1.82, 2.24) is 15.1 Å². The molecule has 0 rings (SSSR count). The second-order valence-corrected chi connectivity index (χ2v) is 6.09. The van der Waals surface area contributed by atoms with E-state index in [4.69, 9.17) is 0 Å². The molecule has 3 nitrogen and oxygen atoms in total. The second-order valence-electron chi connectivity index (χ2n) is 6.09. The Morgan fingerprint density at radius 1 is 0.571 bits per heavy atom. The molecule has 0 bridgehead atoms. The van der Waals surface area contributed by atoms with E-state index in [-0.39, 0.29) is 0 Å². The zero-order chi connectivity index (χ0) is 15.8. The van der Waals surface area contributed by atoms with E-state index < -0.39 is 0 Å². The largest absolute Gasteiger partial charge is 0.315 e. The van der Waals surface area contributed by atoms with E-state index in [1.165, 1.54) is 84.3 Å². The van der Waals surface area contributed by atoms with E-state index in [2.05, 4.69) is 42.8 Å². The van der Waals surface area contributed by atoms with Crippen LogP contribution in [0.15, 0.2) is 0 Å². The summed E-state index contributed by atoms with van der Waals surface area (Å²) in [4.78, 5) is 5.25. The summed E-state index contributed by atoms with van der Waals surface area (Å²) in [5.41, 5.74) is 0. The monoisotopic (exact) mass is 299 g/mol. The zero-order valence-electron chi connectivity index (χ0n) is 15.3. The van der Waals surface area contributed by atoms with Gasteiger partial charge in [-0.3, -0.25) is 0 Å². The fourth-order valence-electron chi connectivity index (χ4n) is 2.47. The highest BCUT2D eigenvalue weighted by atomic mass is 15.2. The second kappa shape index (κ2) is 16.3. The quantitative estimate of drug-likeness (QED) is 0.439. The molecule has 3 heteroatoms. The SMILES string of the molecule is CCCCNCCN(CCCC)CCN(CC)CCCC. The van der Waals surface area contributed by atoms with Crippen LogP contribution in [0.3, 0.4) is 0 Å². The van der Waals surface area contributed by atoms with Crippen molar-refractivity contribution < 1.29 is 0 Å². The van der Waals surface area contributed by atoms with Crippen molar-refractivity contribution in [3.8, 4) is 0 Å². The Kier molecular flexibility index (Phi) is 16.2. The third-order valence-corrected chi connectivity index (χ3v) is 4.15. The van der Waals surface area contributed by atoms with Gasteiger partial charge in [0.2, 0.25) is 0 Å². The van der Waals surface area contributed by atoms with Crippen LogP contribution in [-0.4, -0.2) is 62.2 Å². The molecule has 0 atom stereocenters. The Hall–Kier alpha value is -0.120. The van der Waals surface area contributed by atoms with E-state index in [1.807, 2.05) is 0 Å². The van der Waals surface area contributed by atoms with Gasteiger partial charge >= 0.3 is 0 Å². The summed E-state index contributed by atoms with van der Waals surface area (Å²) < 4.78 is 0. The van der Waals surface area contributed by atoms with Crippen molar-refractivity contribution in [2.45, 2.75) is 66.2 Å². The van der Waals surface area contributed by atoms with Crippen LogP contribution in [0.2, 0.25) is 0 Å². The number of hydrogen-bond donors (Lipinski definition) is 1. The molecule has 0 aromatic carbocycles. The van der Waals surface area contributed by atoms with Gasteiger partial charge in [0.25, 0.3) is 0 Å².